The summed E-state index contributed by atoms with van der Waals surface area (Å²) in [5, 5.41) is 8.10. The fraction of sp³-hybridized carbons (Fsp3) is 0.0769. The van der Waals surface area contributed by atoms with E-state index in [-0.39, 0.29) is 11.7 Å². The van der Waals surface area contributed by atoms with Gasteiger partial charge in [0.25, 0.3) is 5.91 Å². The molecule has 8 heteroatoms. The Morgan fingerprint density at radius 2 is 1.85 bits per heavy atom. The summed E-state index contributed by atoms with van der Waals surface area (Å²) >= 11 is 1.41. The Morgan fingerprint density at radius 1 is 1.06 bits per heavy atom. The van der Waals surface area contributed by atoms with Gasteiger partial charge in [0.1, 0.15) is 11.5 Å². The molecule has 3 heterocycles. The summed E-state index contributed by atoms with van der Waals surface area (Å²) in [6, 6.07) is 19.7. The molecule has 0 saturated heterocycles. The van der Waals surface area contributed by atoms with Crippen molar-refractivity contribution in [2.45, 2.75) is 13.3 Å². The third kappa shape index (κ3) is 4.62. The lowest BCUT2D eigenvalue weighted by molar-refractivity contribution is 0.102. The van der Waals surface area contributed by atoms with Crippen LogP contribution in [0.25, 0.3) is 16.9 Å². The van der Waals surface area contributed by atoms with Crippen LogP contribution in [0.15, 0.2) is 85.3 Å². The monoisotopic (exact) mass is 469 g/mol. The molecule has 5 aromatic rings. The SMILES string of the molecule is Cc1nc(NC(=O)c2cn(-c3ccccc3)nc2-c2cccnc2)sc1Cc1ccc(F)cc1. The molecule has 0 bridgehead atoms. The van der Waals surface area contributed by atoms with Gasteiger partial charge in [-0.2, -0.15) is 5.10 Å². The van der Waals surface area contributed by atoms with Crippen LogP contribution >= 0.6 is 11.3 Å². The summed E-state index contributed by atoms with van der Waals surface area (Å²) in [4.78, 5) is 23.0. The molecule has 0 spiro atoms. The van der Waals surface area contributed by atoms with Crippen molar-refractivity contribution < 1.29 is 9.18 Å². The molecule has 168 valence electrons. The smallest absolute Gasteiger partial charge is 0.261 e. The van der Waals surface area contributed by atoms with E-state index in [4.69, 9.17) is 0 Å². The highest BCUT2D eigenvalue weighted by molar-refractivity contribution is 7.15. The zero-order valence-electron chi connectivity index (χ0n) is 18.3. The van der Waals surface area contributed by atoms with E-state index in [0.717, 1.165) is 27.4 Å². The number of pyridine rings is 1. The maximum absolute atomic E-state index is 13.3. The third-order valence-electron chi connectivity index (χ3n) is 5.31. The number of anilines is 1. The number of nitrogens with one attached hydrogen (secondary N) is 1. The van der Waals surface area contributed by atoms with Gasteiger partial charge in [0.15, 0.2) is 5.13 Å². The van der Waals surface area contributed by atoms with Crippen LogP contribution in [0, 0.1) is 12.7 Å². The molecule has 5 rings (SSSR count). The summed E-state index contributed by atoms with van der Waals surface area (Å²) in [5.41, 5.74) is 4.36. The van der Waals surface area contributed by atoms with E-state index in [0.29, 0.717) is 22.8 Å². The van der Waals surface area contributed by atoms with Crippen LogP contribution in [-0.2, 0) is 6.42 Å². The maximum Gasteiger partial charge on any atom is 0.261 e. The summed E-state index contributed by atoms with van der Waals surface area (Å²) in [6.45, 7) is 1.90. The van der Waals surface area contributed by atoms with Gasteiger partial charge in [-0.15, -0.1) is 11.3 Å². The van der Waals surface area contributed by atoms with Crippen LogP contribution in [0.3, 0.4) is 0 Å². The predicted octanol–water partition coefficient (Wildman–Crippen LogP) is 5.68. The van der Waals surface area contributed by atoms with E-state index >= 15 is 0 Å². The van der Waals surface area contributed by atoms with Gasteiger partial charge in [-0.25, -0.2) is 14.1 Å². The quantitative estimate of drug-likeness (QED) is 0.347. The number of amides is 1. The van der Waals surface area contributed by atoms with Crippen molar-refractivity contribution in [3.05, 3.63) is 113 Å². The molecule has 34 heavy (non-hydrogen) atoms. The van der Waals surface area contributed by atoms with Gasteiger partial charge in [0.05, 0.1) is 16.9 Å². The summed E-state index contributed by atoms with van der Waals surface area (Å²) < 4.78 is 14.9. The molecule has 0 atom stereocenters. The Labute approximate surface area is 199 Å². The number of rotatable bonds is 6. The summed E-state index contributed by atoms with van der Waals surface area (Å²) in [6.07, 6.45) is 5.70. The second-order valence-corrected chi connectivity index (χ2v) is 8.78. The normalized spacial score (nSPS) is 10.9. The molecule has 0 aliphatic carbocycles. The van der Waals surface area contributed by atoms with Crippen molar-refractivity contribution in [3.8, 4) is 16.9 Å². The number of para-hydroxylation sites is 1. The molecule has 0 fully saturated rings. The highest BCUT2D eigenvalue weighted by atomic mass is 32.1. The molecule has 1 N–H and O–H groups in total. The first-order valence-corrected chi connectivity index (χ1v) is 11.5. The van der Waals surface area contributed by atoms with Gasteiger partial charge in [0.2, 0.25) is 0 Å². The number of aryl methyl sites for hydroxylation is 1. The van der Waals surface area contributed by atoms with Gasteiger partial charge < -0.3 is 0 Å². The first-order chi connectivity index (χ1) is 16.6. The number of carbonyl (C=O) groups is 1. The molecule has 0 unspecified atom stereocenters. The standard InChI is InChI=1S/C26H20FN5OS/c1-17-23(14-18-9-11-20(27)12-10-18)34-26(29-17)30-25(33)22-16-32(21-7-3-2-4-8-21)31-24(22)19-6-5-13-28-15-19/h2-13,15-16H,14H2,1H3,(H,29,30,33). The van der Waals surface area contributed by atoms with Crippen LogP contribution in [0.2, 0.25) is 0 Å². The maximum atomic E-state index is 13.3. The van der Waals surface area contributed by atoms with Crippen LogP contribution < -0.4 is 5.32 Å². The Kier molecular flexibility index (Phi) is 5.97. The van der Waals surface area contributed by atoms with Crippen LogP contribution in [0.4, 0.5) is 9.52 Å². The van der Waals surface area contributed by atoms with E-state index in [1.54, 1.807) is 35.4 Å². The first kappa shape index (κ1) is 21.7. The Hall–Kier alpha value is -4.17. The van der Waals surface area contributed by atoms with Crippen LogP contribution in [0.1, 0.15) is 26.5 Å². The lowest BCUT2D eigenvalue weighted by atomic mass is 10.1. The topological polar surface area (TPSA) is 72.7 Å². The number of thiazole rings is 1. The minimum absolute atomic E-state index is 0.266. The van der Waals surface area contributed by atoms with E-state index in [1.807, 2.05) is 49.4 Å². The number of carbonyl (C=O) groups excluding carboxylic acids is 1. The molecule has 2 aromatic carbocycles. The molecule has 0 aliphatic rings. The third-order valence-corrected chi connectivity index (χ3v) is 6.38. The second-order valence-electron chi connectivity index (χ2n) is 7.70. The number of aromatic nitrogens is 4. The minimum atomic E-state index is -0.303. The molecule has 6 nitrogen and oxygen atoms in total. The molecule has 0 saturated carbocycles. The largest absolute Gasteiger partial charge is 0.298 e. The molecule has 1 amide bonds. The average molecular weight is 470 g/mol. The average Bonchev–Trinajstić information content (AvgIpc) is 3.45. The van der Waals surface area contributed by atoms with Crippen LogP contribution in [0.5, 0.6) is 0 Å². The van der Waals surface area contributed by atoms with Crippen molar-refractivity contribution in [1.82, 2.24) is 19.7 Å². The molecule has 3 aromatic heterocycles. The Balaban J connectivity index is 1.43. The fourth-order valence-corrected chi connectivity index (χ4v) is 4.56. The number of halogens is 1. The fourth-order valence-electron chi connectivity index (χ4n) is 3.57. The number of hydrogen-bond acceptors (Lipinski definition) is 5. The summed E-state index contributed by atoms with van der Waals surface area (Å²) in [7, 11) is 0. The van der Waals surface area contributed by atoms with Gasteiger partial charge in [-0.05, 0) is 48.9 Å². The van der Waals surface area contributed by atoms with Gasteiger partial charge >= 0.3 is 0 Å². The van der Waals surface area contributed by atoms with Crippen molar-refractivity contribution in [2.24, 2.45) is 0 Å². The van der Waals surface area contributed by atoms with E-state index in [1.165, 1.54) is 23.5 Å². The number of benzene rings is 2. The number of nitrogens with zero attached hydrogens (tertiary/aromatic N) is 4. The highest BCUT2D eigenvalue weighted by Crippen LogP contribution is 2.28. The summed E-state index contributed by atoms with van der Waals surface area (Å²) in [5.74, 6) is -0.568. The molecule has 0 radical (unpaired) electrons. The van der Waals surface area contributed by atoms with E-state index in [9.17, 15) is 9.18 Å². The lowest BCUT2D eigenvalue weighted by Gasteiger charge is -2.02. The highest BCUT2D eigenvalue weighted by Gasteiger charge is 2.20. The molecular formula is C26H20FN5OS. The first-order valence-electron chi connectivity index (χ1n) is 10.6. The lowest BCUT2D eigenvalue weighted by Crippen LogP contribution is -2.12. The number of hydrogen-bond donors (Lipinski definition) is 1. The minimum Gasteiger partial charge on any atom is -0.298 e. The van der Waals surface area contributed by atoms with Gasteiger partial charge in [0, 0.05) is 35.5 Å². The van der Waals surface area contributed by atoms with E-state index in [2.05, 4.69) is 20.4 Å². The van der Waals surface area contributed by atoms with Gasteiger partial charge in [-0.3, -0.25) is 15.1 Å². The van der Waals surface area contributed by atoms with Crippen molar-refractivity contribution >= 4 is 22.4 Å². The van der Waals surface area contributed by atoms with E-state index < -0.39 is 0 Å². The Morgan fingerprint density at radius 3 is 2.59 bits per heavy atom. The predicted molar refractivity (Wildman–Crippen MR) is 131 cm³/mol. The van der Waals surface area contributed by atoms with Crippen molar-refractivity contribution in [2.75, 3.05) is 5.32 Å². The molecular weight excluding hydrogens is 449 g/mol. The zero-order chi connectivity index (χ0) is 23.5. The van der Waals surface area contributed by atoms with Crippen molar-refractivity contribution in [1.29, 1.82) is 0 Å². The van der Waals surface area contributed by atoms with Crippen LogP contribution in [-0.4, -0.2) is 25.7 Å². The zero-order valence-corrected chi connectivity index (χ0v) is 19.1. The molecule has 0 aliphatic heterocycles. The Bertz CT molecular complexity index is 1430. The van der Waals surface area contributed by atoms with Crippen molar-refractivity contribution in [3.63, 3.8) is 0 Å². The second kappa shape index (κ2) is 9.36. The van der Waals surface area contributed by atoms with Gasteiger partial charge in [-0.1, -0.05) is 30.3 Å².